The maximum atomic E-state index is 13.3. The molecule has 0 unspecified atom stereocenters. The molecule has 0 atom stereocenters. The number of fused-ring (bicyclic) bond motifs is 1. The van der Waals surface area contributed by atoms with Gasteiger partial charge in [-0.25, -0.2) is 9.37 Å². The first kappa shape index (κ1) is 17.2. The van der Waals surface area contributed by atoms with E-state index in [1.165, 1.54) is 12.1 Å². The van der Waals surface area contributed by atoms with E-state index in [0.717, 1.165) is 22.7 Å². The van der Waals surface area contributed by atoms with Gasteiger partial charge >= 0.3 is 0 Å². The summed E-state index contributed by atoms with van der Waals surface area (Å²) in [5.41, 5.74) is 2.27. The van der Waals surface area contributed by atoms with Crippen LogP contribution in [0, 0.1) is 5.82 Å². The number of aromatic nitrogens is 4. The van der Waals surface area contributed by atoms with Gasteiger partial charge in [0.2, 0.25) is 11.7 Å². The second kappa shape index (κ2) is 7.16. The van der Waals surface area contributed by atoms with Crippen LogP contribution in [0.25, 0.3) is 22.4 Å². The lowest BCUT2D eigenvalue weighted by molar-refractivity contribution is 0.257. The lowest BCUT2D eigenvalue weighted by atomic mass is 10.2. The molecule has 0 aliphatic heterocycles. The van der Waals surface area contributed by atoms with Crippen molar-refractivity contribution in [2.45, 2.75) is 13.1 Å². The van der Waals surface area contributed by atoms with Crippen LogP contribution in [0.5, 0.6) is 5.75 Å². The van der Waals surface area contributed by atoms with Crippen molar-refractivity contribution in [3.63, 3.8) is 0 Å². The van der Waals surface area contributed by atoms with Crippen LogP contribution in [-0.2, 0) is 13.1 Å². The van der Waals surface area contributed by atoms with E-state index in [0.29, 0.717) is 30.3 Å². The number of hydrogen-bond donors (Lipinski definition) is 1. The molecule has 7 nitrogen and oxygen atoms in total. The standard InChI is InChI=1S/C19H18FN5O2/c1-25(10-17-21-15-8-5-13(20)9-16(15)22-17)11-18-23-19(24-27-18)12-3-6-14(26-2)7-4-12/h3-9H,10-11H2,1-2H3,(H,21,22). The number of ether oxygens (including phenoxy) is 1. The predicted molar refractivity (Wildman–Crippen MR) is 97.5 cm³/mol. The van der Waals surface area contributed by atoms with Gasteiger partial charge < -0.3 is 14.2 Å². The smallest absolute Gasteiger partial charge is 0.241 e. The number of nitrogens with zero attached hydrogens (tertiary/aromatic N) is 4. The molecule has 2 heterocycles. The van der Waals surface area contributed by atoms with Crippen LogP contribution in [0.4, 0.5) is 4.39 Å². The quantitative estimate of drug-likeness (QED) is 0.563. The summed E-state index contributed by atoms with van der Waals surface area (Å²) in [5.74, 6) is 2.26. The van der Waals surface area contributed by atoms with E-state index in [9.17, 15) is 4.39 Å². The summed E-state index contributed by atoms with van der Waals surface area (Å²) in [6.07, 6.45) is 0. The molecular formula is C19H18FN5O2. The summed E-state index contributed by atoms with van der Waals surface area (Å²) in [7, 11) is 3.54. The molecule has 0 amide bonds. The minimum absolute atomic E-state index is 0.289. The van der Waals surface area contributed by atoms with Gasteiger partial charge in [0.15, 0.2) is 0 Å². The van der Waals surface area contributed by atoms with Crippen LogP contribution in [0.1, 0.15) is 11.7 Å². The van der Waals surface area contributed by atoms with E-state index >= 15 is 0 Å². The Balaban J connectivity index is 1.43. The maximum Gasteiger partial charge on any atom is 0.241 e. The fraction of sp³-hybridized carbons (Fsp3) is 0.211. The fourth-order valence-corrected chi connectivity index (χ4v) is 2.83. The molecule has 27 heavy (non-hydrogen) atoms. The van der Waals surface area contributed by atoms with E-state index in [2.05, 4.69) is 20.1 Å². The largest absolute Gasteiger partial charge is 0.497 e. The monoisotopic (exact) mass is 367 g/mol. The first-order valence-corrected chi connectivity index (χ1v) is 8.40. The van der Waals surface area contributed by atoms with Crippen LogP contribution < -0.4 is 4.74 Å². The Bertz CT molecular complexity index is 1060. The molecule has 0 saturated heterocycles. The number of H-pyrrole nitrogens is 1. The zero-order chi connectivity index (χ0) is 18.8. The Morgan fingerprint density at radius 1 is 1.11 bits per heavy atom. The summed E-state index contributed by atoms with van der Waals surface area (Å²) >= 11 is 0. The maximum absolute atomic E-state index is 13.3. The van der Waals surface area contributed by atoms with Crippen LogP contribution in [0.3, 0.4) is 0 Å². The van der Waals surface area contributed by atoms with Gasteiger partial charge in [-0.2, -0.15) is 4.98 Å². The van der Waals surface area contributed by atoms with Gasteiger partial charge in [-0.05, 0) is 49.5 Å². The van der Waals surface area contributed by atoms with Crippen molar-refractivity contribution in [1.29, 1.82) is 0 Å². The molecule has 0 saturated carbocycles. The molecule has 0 bridgehead atoms. The van der Waals surface area contributed by atoms with Crippen LogP contribution in [0.2, 0.25) is 0 Å². The first-order chi connectivity index (χ1) is 13.1. The highest BCUT2D eigenvalue weighted by molar-refractivity contribution is 5.74. The van der Waals surface area contributed by atoms with E-state index in [-0.39, 0.29) is 5.82 Å². The van der Waals surface area contributed by atoms with Gasteiger partial charge in [0.05, 0.1) is 31.2 Å². The Morgan fingerprint density at radius 2 is 1.93 bits per heavy atom. The van der Waals surface area contributed by atoms with Crippen molar-refractivity contribution >= 4 is 11.0 Å². The first-order valence-electron chi connectivity index (χ1n) is 8.40. The summed E-state index contributed by atoms with van der Waals surface area (Å²) in [5, 5.41) is 4.03. The van der Waals surface area contributed by atoms with Crippen molar-refractivity contribution in [2.75, 3.05) is 14.2 Å². The predicted octanol–water partition coefficient (Wildman–Crippen LogP) is 3.39. The SMILES string of the molecule is COc1ccc(-c2noc(CN(C)Cc3nc4ccc(F)cc4[nH]3)n2)cc1. The Morgan fingerprint density at radius 3 is 2.70 bits per heavy atom. The van der Waals surface area contributed by atoms with Crippen molar-refractivity contribution < 1.29 is 13.7 Å². The van der Waals surface area contributed by atoms with Crippen molar-refractivity contribution in [1.82, 2.24) is 25.0 Å². The number of methoxy groups -OCH3 is 1. The average molecular weight is 367 g/mol. The molecule has 0 radical (unpaired) electrons. The number of imidazole rings is 1. The Hall–Kier alpha value is -3.26. The number of rotatable bonds is 6. The Kier molecular flexibility index (Phi) is 4.55. The van der Waals surface area contributed by atoms with Gasteiger partial charge in [-0.3, -0.25) is 4.90 Å². The fourth-order valence-electron chi connectivity index (χ4n) is 2.83. The highest BCUT2D eigenvalue weighted by Gasteiger charge is 2.13. The van der Waals surface area contributed by atoms with Gasteiger partial charge in [0.25, 0.3) is 0 Å². The highest BCUT2D eigenvalue weighted by Crippen LogP contribution is 2.20. The van der Waals surface area contributed by atoms with Gasteiger partial charge in [-0.15, -0.1) is 0 Å². The lowest BCUT2D eigenvalue weighted by Crippen LogP contribution is -2.18. The van der Waals surface area contributed by atoms with Gasteiger partial charge in [-0.1, -0.05) is 5.16 Å². The third kappa shape index (κ3) is 3.80. The van der Waals surface area contributed by atoms with Crippen LogP contribution >= 0.6 is 0 Å². The number of aromatic amines is 1. The normalized spacial score (nSPS) is 11.4. The molecule has 0 aliphatic rings. The molecule has 0 fully saturated rings. The van der Waals surface area contributed by atoms with Crippen LogP contribution in [-0.4, -0.2) is 39.2 Å². The summed E-state index contributed by atoms with van der Waals surface area (Å²) < 4.78 is 23.8. The molecular weight excluding hydrogens is 349 g/mol. The minimum atomic E-state index is -0.289. The van der Waals surface area contributed by atoms with E-state index < -0.39 is 0 Å². The number of hydrogen-bond acceptors (Lipinski definition) is 6. The molecule has 4 rings (SSSR count). The highest BCUT2D eigenvalue weighted by atomic mass is 19.1. The molecule has 0 spiro atoms. The Labute approximate surface area is 154 Å². The average Bonchev–Trinajstić information content (AvgIpc) is 3.27. The summed E-state index contributed by atoms with van der Waals surface area (Å²) in [6.45, 7) is 1.01. The zero-order valence-electron chi connectivity index (χ0n) is 14.9. The number of benzene rings is 2. The van der Waals surface area contributed by atoms with Crippen molar-refractivity contribution in [2.24, 2.45) is 0 Å². The third-order valence-electron chi connectivity index (χ3n) is 4.13. The molecule has 0 aliphatic carbocycles. The number of halogens is 1. The second-order valence-electron chi connectivity index (χ2n) is 6.26. The van der Waals surface area contributed by atoms with Gasteiger partial charge in [0, 0.05) is 5.56 Å². The zero-order valence-corrected chi connectivity index (χ0v) is 14.9. The molecule has 1 N–H and O–H groups in total. The summed E-state index contributed by atoms with van der Waals surface area (Å²) in [4.78, 5) is 14.0. The van der Waals surface area contributed by atoms with Crippen molar-refractivity contribution in [3.05, 3.63) is 60.0 Å². The molecule has 8 heteroatoms. The van der Waals surface area contributed by atoms with Crippen LogP contribution in [0.15, 0.2) is 47.0 Å². The topological polar surface area (TPSA) is 80.1 Å². The molecule has 2 aromatic heterocycles. The van der Waals surface area contributed by atoms with Gasteiger partial charge in [0.1, 0.15) is 17.4 Å². The van der Waals surface area contributed by atoms with E-state index in [1.54, 1.807) is 13.2 Å². The number of nitrogens with one attached hydrogen (secondary N) is 1. The molecule has 4 aromatic rings. The lowest BCUT2D eigenvalue weighted by Gasteiger charge is -2.11. The van der Waals surface area contributed by atoms with E-state index in [1.807, 2.05) is 36.2 Å². The van der Waals surface area contributed by atoms with E-state index in [4.69, 9.17) is 9.26 Å². The minimum Gasteiger partial charge on any atom is -0.497 e. The molecule has 138 valence electrons. The summed E-state index contributed by atoms with van der Waals surface area (Å²) in [6, 6.07) is 11.9. The van der Waals surface area contributed by atoms with Crippen molar-refractivity contribution in [3.8, 4) is 17.1 Å². The third-order valence-corrected chi connectivity index (χ3v) is 4.13. The molecule has 2 aromatic carbocycles. The second-order valence-corrected chi connectivity index (χ2v) is 6.26.